The van der Waals surface area contributed by atoms with Crippen molar-refractivity contribution >= 4 is 63.6 Å². The van der Waals surface area contributed by atoms with Gasteiger partial charge in [-0.3, -0.25) is 19.2 Å². The number of methoxy groups -OCH3 is 1. The average Bonchev–Trinajstić information content (AvgIpc) is 4.01. The zero-order valence-electron chi connectivity index (χ0n) is 29.1. The zero-order valence-corrected chi connectivity index (χ0v) is 30.7. The van der Waals surface area contributed by atoms with Crippen molar-refractivity contribution in [2.75, 3.05) is 32.1 Å². The van der Waals surface area contributed by atoms with Crippen molar-refractivity contribution in [2.45, 2.75) is 69.7 Å². The number of aromatic nitrogens is 3. The maximum absolute atomic E-state index is 14.3. The number of ether oxygens (including phenoxy) is 3. The zero-order chi connectivity index (χ0) is 37.2. The quantitative estimate of drug-likeness (QED) is 0.146. The van der Waals surface area contributed by atoms with Gasteiger partial charge >= 0.3 is 5.97 Å². The van der Waals surface area contributed by atoms with E-state index in [0.29, 0.717) is 35.0 Å². The van der Waals surface area contributed by atoms with E-state index in [0.717, 1.165) is 30.0 Å². The number of rotatable bonds is 17. The topological polar surface area (TPSA) is 194 Å². The van der Waals surface area contributed by atoms with Crippen molar-refractivity contribution in [1.82, 2.24) is 29.3 Å². The van der Waals surface area contributed by atoms with Crippen molar-refractivity contribution in [2.24, 2.45) is 17.8 Å². The van der Waals surface area contributed by atoms with Crippen molar-refractivity contribution in [1.29, 1.82) is 0 Å². The fourth-order valence-corrected chi connectivity index (χ4v) is 7.45. The molecule has 15 nitrogen and oxygen atoms in total. The number of carbonyl (C=O) groups is 4. The second kappa shape index (κ2) is 15.5. The molecule has 3 heterocycles. The Bertz CT molecular complexity index is 1860. The van der Waals surface area contributed by atoms with Crippen molar-refractivity contribution < 1.29 is 38.5 Å². The van der Waals surface area contributed by atoms with Crippen LogP contribution < -0.4 is 30.2 Å². The third-order valence-electron chi connectivity index (χ3n) is 9.92. The van der Waals surface area contributed by atoms with Crippen LogP contribution in [0.3, 0.4) is 0 Å². The van der Waals surface area contributed by atoms with Gasteiger partial charge in [-0.05, 0) is 56.7 Å². The second-order valence-electron chi connectivity index (χ2n) is 13.3. The van der Waals surface area contributed by atoms with Gasteiger partial charge in [0.05, 0.1) is 44.1 Å². The predicted molar refractivity (Wildman–Crippen MR) is 193 cm³/mol. The minimum Gasteiger partial charge on any atom is -0.494 e. The molecule has 2 saturated carbocycles. The molecule has 1 saturated heterocycles. The summed E-state index contributed by atoms with van der Waals surface area (Å²) in [6, 6.07) is 3.41. The smallest absolute Gasteiger partial charge is 0.308 e. The number of carboxylic acids is 1. The summed E-state index contributed by atoms with van der Waals surface area (Å²) in [7, 11) is 1.54. The molecule has 1 aromatic carbocycles. The third-order valence-corrected chi connectivity index (χ3v) is 10.7. The standard InChI is InChI=1S/C35H42ClN7O8S/c1-5-19-14-35(19,34(48)38-15-24(33(46)47)18-8-9-18)40-29(44)26-13-21(51-30-23-12-20(36)10-11-22(23)27(49-4)16-37-30)17-43(26)32(45)25(6-2)39-28-31(50-7-3)42-52-41-28/h5,10-12,16,18-19,21,24-26H,1,6-9,13-15,17H2,2-4H3,(H,38,48)(H,39,41)(H,40,44)(H,46,47)/t19-,21-,24-,25?,26+,35-/m1/s1. The summed E-state index contributed by atoms with van der Waals surface area (Å²) in [5.41, 5.74) is -1.33. The van der Waals surface area contributed by atoms with Gasteiger partial charge in [-0.15, -0.1) is 11.0 Å². The second-order valence-corrected chi connectivity index (χ2v) is 14.2. The van der Waals surface area contributed by atoms with Gasteiger partial charge in [-0.25, -0.2) is 4.98 Å². The number of aliphatic carboxylic acids is 1. The molecule has 3 amide bonds. The van der Waals surface area contributed by atoms with Crippen LogP contribution in [0, 0.1) is 17.8 Å². The van der Waals surface area contributed by atoms with E-state index >= 15 is 0 Å². The van der Waals surface area contributed by atoms with Crippen LogP contribution >= 0.6 is 23.3 Å². The molecule has 1 unspecified atom stereocenters. The number of hydrogen-bond donors (Lipinski definition) is 4. The maximum Gasteiger partial charge on any atom is 0.308 e. The molecule has 278 valence electrons. The Morgan fingerprint density at radius 1 is 1.19 bits per heavy atom. The van der Waals surface area contributed by atoms with E-state index in [2.05, 4.69) is 36.3 Å². The Kier molecular flexibility index (Phi) is 11.0. The fourth-order valence-electron chi connectivity index (χ4n) is 6.81. The van der Waals surface area contributed by atoms with Gasteiger partial charge in [-0.2, -0.15) is 4.37 Å². The number of carboxylic acid groups (broad SMARTS) is 1. The molecule has 17 heteroatoms. The molecule has 2 aromatic heterocycles. The molecular weight excluding hydrogens is 714 g/mol. The van der Waals surface area contributed by atoms with Crippen LogP contribution in [-0.4, -0.2) is 98.0 Å². The highest BCUT2D eigenvalue weighted by Crippen LogP contribution is 2.45. The van der Waals surface area contributed by atoms with Crippen molar-refractivity contribution in [3.8, 4) is 17.5 Å². The number of likely N-dealkylation sites (tertiary alicyclic amines) is 1. The Labute approximate surface area is 309 Å². The summed E-state index contributed by atoms with van der Waals surface area (Å²) in [5.74, 6) is -2.08. The average molecular weight is 756 g/mol. The van der Waals surface area contributed by atoms with Gasteiger partial charge in [0.15, 0.2) is 0 Å². The number of halogens is 1. The number of fused-ring (bicyclic) bond motifs is 1. The molecule has 6 rings (SSSR count). The molecular formula is C35H42ClN7O8S. The number of benzene rings is 1. The summed E-state index contributed by atoms with van der Waals surface area (Å²) >= 11 is 7.28. The van der Waals surface area contributed by atoms with Gasteiger partial charge in [0.25, 0.3) is 5.88 Å². The first-order chi connectivity index (χ1) is 25.0. The van der Waals surface area contributed by atoms with Gasteiger partial charge in [0, 0.05) is 34.7 Å². The summed E-state index contributed by atoms with van der Waals surface area (Å²) in [6.07, 6.45) is 4.78. The minimum absolute atomic E-state index is 0.0193. The van der Waals surface area contributed by atoms with Crippen LogP contribution in [-0.2, 0) is 19.2 Å². The van der Waals surface area contributed by atoms with Crippen LogP contribution in [0.5, 0.6) is 17.5 Å². The lowest BCUT2D eigenvalue weighted by Crippen LogP contribution is -2.57. The number of nitrogens with one attached hydrogen (secondary N) is 3. The van der Waals surface area contributed by atoms with Crippen LogP contribution in [0.25, 0.3) is 10.8 Å². The van der Waals surface area contributed by atoms with Gasteiger partial charge < -0.3 is 40.2 Å². The monoisotopic (exact) mass is 755 g/mol. The maximum atomic E-state index is 14.3. The lowest BCUT2D eigenvalue weighted by atomic mass is 10.0. The minimum atomic E-state index is -1.33. The molecule has 1 aliphatic heterocycles. The van der Waals surface area contributed by atoms with E-state index in [9.17, 15) is 24.3 Å². The molecule has 0 radical (unpaired) electrons. The highest BCUT2D eigenvalue weighted by atomic mass is 35.5. The number of carbonyl (C=O) groups excluding carboxylic acids is 3. The van der Waals surface area contributed by atoms with E-state index in [1.807, 2.05) is 13.8 Å². The predicted octanol–water partition coefficient (Wildman–Crippen LogP) is 3.67. The molecule has 4 N–H and O–H groups in total. The Balaban J connectivity index is 1.26. The lowest BCUT2D eigenvalue weighted by molar-refractivity contribution is -0.142. The molecule has 3 fully saturated rings. The SMILES string of the molecule is C=C[C@@H]1C[C@]1(NC(=O)[C@@H]1C[C@@H](Oc2ncc(OC)c3ccc(Cl)cc23)CN1C(=O)C(CC)Nc1nsnc1OCC)C(=O)NC[C@@H](C(=O)O)C1CC1. The molecule has 3 aliphatic rings. The fraction of sp³-hybridized carbons (Fsp3) is 0.514. The molecule has 2 aliphatic carbocycles. The van der Waals surface area contributed by atoms with Crippen LogP contribution in [0.15, 0.2) is 37.1 Å². The third kappa shape index (κ3) is 7.58. The van der Waals surface area contributed by atoms with E-state index in [1.54, 1.807) is 24.3 Å². The number of anilines is 1. The van der Waals surface area contributed by atoms with Crippen molar-refractivity contribution in [3.05, 3.63) is 42.1 Å². The number of amides is 3. The molecule has 0 bridgehead atoms. The molecule has 6 atom stereocenters. The number of nitrogens with zero attached hydrogens (tertiary/aromatic N) is 4. The van der Waals surface area contributed by atoms with E-state index in [1.165, 1.54) is 18.2 Å². The first-order valence-electron chi connectivity index (χ1n) is 17.3. The summed E-state index contributed by atoms with van der Waals surface area (Å²) in [5, 5.41) is 20.3. The molecule has 52 heavy (non-hydrogen) atoms. The van der Waals surface area contributed by atoms with E-state index < -0.39 is 47.4 Å². The normalized spacial score (nSPS) is 23.3. The molecule has 0 spiro atoms. The van der Waals surface area contributed by atoms with Crippen LogP contribution in [0.4, 0.5) is 5.82 Å². The van der Waals surface area contributed by atoms with Crippen LogP contribution in [0.2, 0.25) is 5.02 Å². The highest BCUT2D eigenvalue weighted by Gasteiger charge is 2.61. The van der Waals surface area contributed by atoms with E-state index in [4.69, 9.17) is 25.8 Å². The largest absolute Gasteiger partial charge is 0.494 e. The van der Waals surface area contributed by atoms with E-state index in [-0.39, 0.29) is 55.4 Å². The Morgan fingerprint density at radius 2 is 1.98 bits per heavy atom. The number of pyridine rings is 1. The Hall–Kier alpha value is -4.70. The summed E-state index contributed by atoms with van der Waals surface area (Å²) in [4.78, 5) is 60.0. The Morgan fingerprint density at radius 3 is 2.63 bits per heavy atom. The first kappa shape index (κ1) is 37.1. The number of hydrogen-bond acceptors (Lipinski definition) is 12. The highest BCUT2D eigenvalue weighted by molar-refractivity contribution is 6.99. The van der Waals surface area contributed by atoms with Crippen LogP contribution in [0.1, 0.15) is 46.0 Å². The molecule has 3 aromatic rings. The van der Waals surface area contributed by atoms with Gasteiger partial charge in [-0.1, -0.05) is 24.6 Å². The first-order valence-corrected chi connectivity index (χ1v) is 18.4. The lowest BCUT2D eigenvalue weighted by Gasteiger charge is -2.29. The summed E-state index contributed by atoms with van der Waals surface area (Å²) < 4.78 is 25.9. The van der Waals surface area contributed by atoms with Gasteiger partial charge in [0.2, 0.25) is 29.4 Å². The van der Waals surface area contributed by atoms with Gasteiger partial charge in [0.1, 0.15) is 29.5 Å². The summed E-state index contributed by atoms with van der Waals surface area (Å²) in [6.45, 7) is 7.83. The van der Waals surface area contributed by atoms with Crippen molar-refractivity contribution in [3.63, 3.8) is 0 Å².